The Morgan fingerprint density at radius 3 is 2.80 bits per heavy atom. The number of nitrogens with two attached hydrogens (primary N) is 1. The minimum absolute atomic E-state index is 0.0862. The molecule has 1 aromatic carbocycles. The summed E-state index contributed by atoms with van der Waals surface area (Å²) < 4.78 is 7.22. The molecule has 0 saturated heterocycles. The highest BCUT2D eigenvalue weighted by Gasteiger charge is 2.20. The van der Waals surface area contributed by atoms with Gasteiger partial charge in [0.25, 0.3) is 0 Å². The lowest BCUT2D eigenvalue weighted by molar-refractivity contribution is -0.118. The molecule has 9 heteroatoms. The average Bonchev–Trinajstić information content (AvgIpc) is 3.22. The van der Waals surface area contributed by atoms with E-state index in [2.05, 4.69) is 20.3 Å². The minimum Gasteiger partial charge on any atom is -0.370 e. The van der Waals surface area contributed by atoms with Gasteiger partial charge in [0.15, 0.2) is 5.16 Å². The minimum atomic E-state index is -0.357. The lowest BCUT2D eigenvalue weighted by Gasteiger charge is -2.06. The number of hydrogen-bond acceptors (Lipinski definition) is 7. The fourth-order valence-electron chi connectivity index (χ4n) is 2.21. The number of aromatic nitrogens is 5. The molecule has 1 atom stereocenters. The fraction of sp³-hybridized carbons (Fsp3) is 0.312. The Hall–Kier alpha value is -2.68. The fourth-order valence-corrected chi connectivity index (χ4v) is 3.08. The maximum absolute atomic E-state index is 10.9. The topological polar surface area (TPSA) is 113 Å². The Kier molecular flexibility index (Phi) is 5.13. The summed E-state index contributed by atoms with van der Waals surface area (Å²) in [6.07, 6.45) is 0.711. The molecule has 2 N–H and O–H groups in total. The SMILES string of the molecule is C[C@@H](Sc1nnc(CCC(N)=O)n1C)c1nc(-c2ccccc2)no1. The molecule has 0 fully saturated rings. The smallest absolute Gasteiger partial charge is 0.240 e. The Morgan fingerprint density at radius 2 is 2.08 bits per heavy atom. The van der Waals surface area contributed by atoms with Gasteiger partial charge in [-0.1, -0.05) is 47.3 Å². The second-order valence-electron chi connectivity index (χ2n) is 5.51. The van der Waals surface area contributed by atoms with Crippen LogP contribution >= 0.6 is 11.8 Å². The van der Waals surface area contributed by atoms with Gasteiger partial charge in [-0.3, -0.25) is 4.79 Å². The molecule has 2 aromatic heterocycles. The summed E-state index contributed by atoms with van der Waals surface area (Å²) >= 11 is 1.46. The van der Waals surface area contributed by atoms with Crippen LogP contribution in [0.15, 0.2) is 40.0 Å². The van der Waals surface area contributed by atoms with Crippen LogP contribution in [0.2, 0.25) is 0 Å². The lowest BCUT2D eigenvalue weighted by atomic mass is 10.2. The van der Waals surface area contributed by atoms with E-state index < -0.39 is 0 Å². The third kappa shape index (κ3) is 4.05. The second-order valence-corrected chi connectivity index (χ2v) is 6.81. The van der Waals surface area contributed by atoms with Crippen molar-refractivity contribution < 1.29 is 9.32 Å². The number of carbonyl (C=O) groups is 1. The molecule has 2 heterocycles. The molecule has 3 aromatic rings. The molecule has 0 radical (unpaired) electrons. The molecular weight excluding hydrogens is 340 g/mol. The van der Waals surface area contributed by atoms with E-state index in [1.165, 1.54) is 11.8 Å². The van der Waals surface area contributed by atoms with E-state index in [1.54, 1.807) is 0 Å². The van der Waals surface area contributed by atoms with Gasteiger partial charge in [0.1, 0.15) is 5.82 Å². The van der Waals surface area contributed by atoms with Gasteiger partial charge in [0.2, 0.25) is 17.6 Å². The molecule has 0 saturated carbocycles. The molecule has 0 bridgehead atoms. The molecular formula is C16H18N6O2S. The Bertz CT molecular complexity index is 861. The third-order valence-electron chi connectivity index (χ3n) is 3.62. The predicted octanol–water partition coefficient (Wildman–Crippen LogP) is 2.14. The Morgan fingerprint density at radius 1 is 1.32 bits per heavy atom. The summed E-state index contributed by atoms with van der Waals surface area (Å²) in [6, 6.07) is 9.65. The van der Waals surface area contributed by atoms with E-state index in [0.29, 0.717) is 29.1 Å². The first-order chi connectivity index (χ1) is 12.0. The zero-order valence-corrected chi connectivity index (χ0v) is 14.7. The number of primary amides is 1. The van der Waals surface area contributed by atoms with Crippen molar-refractivity contribution in [2.75, 3.05) is 0 Å². The van der Waals surface area contributed by atoms with Crippen LogP contribution in [0.3, 0.4) is 0 Å². The van der Waals surface area contributed by atoms with Crippen molar-refractivity contribution >= 4 is 17.7 Å². The van der Waals surface area contributed by atoms with Crippen molar-refractivity contribution in [3.8, 4) is 11.4 Å². The number of aryl methyl sites for hydroxylation is 1. The third-order valence-corrected chi connectivity index (χ3v) is 4.75. The first-order valence-electron chi connectivity index (χ1n) is 7.77. The monoisotopic (exact) mass is 358 g/mol. The van der Waals surface area contributed by atoms with Gasteiger partial charge in [-0.05, 0) is 6.92 Å². The molecule has 0 aliphatic carbocycles. The van der Waals surface area contributed by atoms with Crippen molar-refractivity contribution in [2.45, 2.75) is 30.2 Å². The number of rotatable bonds is 7. The van der Waals surface area contributed by atoms with E-state index >= 15 is 0 Å². The van der Waals surface area contributed by atoms with E-state index in [-0.39, 0.29) is 17.6 Å². The molecule has 1 amide bonds. The van der Waals surface area contributed by atoms with Crippen molar-refractivity contribution in [3.63, 3.8) is 0 Å². The van der Waals surface area contributed by atoms with Gasteiger partial charge in [0, 0.05) is 25.5 Å². The Labute approximate surface area is 148 Å². The van der Waals surface area contributed by atoms with Crippen LogP contribution in [-0.4, -0.2) is 30.8 Å². The summed E-state index contributed by atoms with van der Waals surface area (Å²) in [5.74, 6) is 1.43. The van der Waals surface area contributed by atoms with Crippen LogP contribution in [-0.2, 0) is 18.3 Å². The molecule has 0 aliphatic heterocycles. The van der Waals surface area contributed by atoms with Crippen LogP contribution in [0.25, 0.3) is 11.4 Å². The van der Waals surface area contributed by atoms with Crippen molar-refractivity contribution in [3.05, 3.63) is 42.0 Å². The summed E-state index contributed by atoms with van der Waals surface area (Å²) in [5, 5.41) is 12.9. The van der Waals surface area contributed by atoms with Gasteiger partial charge >= 0.3 is 0 Å². The second kappa shape index (κ2) is 7.47. The van der Waals surface area contributed by atoms with Gasteiger partial charge in [0.05, 0.1) is 5.25 Å². The normalized spacial score (nSPS) is 12.2. The maximum atomic E-state index is 10.9. The number of nitrogens with zero attached hydrogens (tertiary/aromatic N) is 5. The van der Waals surface area contributed by atoms with Crippen LogP contribution in [0.1, 0.15) is 30.3 Å². The summed E-state index contributed by atoms with van der Waals surface area (Å²) in [7, 11) is 1.86. The maximum Gasteiger partial charge on any atom is 0.240 e. The summed E-state index contributed by atoms with van der Waals surface area (Å²) in [4.78, 5) is 15.4. The summed E-state index contributed by atoms with van der Waals surface area (Å²) in [5.41, 5.74) is 6.08. The number of benzene rings is 1. The highest BCUT2D eigenvalue weighted by Crippen LogP contribution is 2.33. The number of amides is 1. The first kappa shape index (κ1) is 17.2. The molecule has 0 spiro atoms. The molecule has 25 heavy (non-hydrogen) atoms. The largest absolute Gasteiger partial charge is 0.370 e. The Balaban J connectivity index is 1.70. The van der Waals surface area contributed by atoms with Crippen molar-refractivity contribution in [2.24, 2.45) is 12.8 Å². The molecule has 0 aliphatic rings. The van der Waals surface area contributed by atoms with Gasteiger partial charge in [-0.15, -0.1) is 10.2 Å². The van der Waals surface area contributed by atoms with Crippen LogP contribution in [0.5, 0.6) is 0 Å². The van der Waals surface area contributed by atoms with Crippen LogP contribution in [0.4, 0.5) is 0 Å². The molecule has 8 nitrogen and oxygen atoms in total. The van der Waals surface area contributed by atoms with E-state index in [4.69, 9.17) is 10.3 Å². The first-order valence-corrected chi connectivity index (χ1v) is 8.65. The zero-order chi connectivity index (χ0) is 17.8. The average molecular weight is 358 g/mol. The summed E-state index contributed by atoms with van der Waals surface area (Å²) in [6.45, 7) is 1.96. The van der Waals surface area contributed by atoms with Crippen LogP contribution in [0, 0.1) is 0 Å². The van der Waals surface area contributed by atoms with E-state index in [0.717, 1.165) is 5.56 Å². The lowest BCUT2D eigenvalue weighted by Crippen LogP contribution is -2.12. The van der Waals surface area contributed by atoms with Gasteiger partial charge in [-0.25, -0.2) is 0 Å². The van der Waals surface area contributed by atoms with E-state index in [1.807, 2.05) is 48.9 Å². The standard InChI is InChI=1S/C16H18N6O2S/c1-10(15-18-14(21-24-15)11-6-4-3-5-7-11)25-16-20-19-13(22(16)2)9-8-12(17)23/h3-7,10H,8-9H2,1-2H3,(H2,17,23)/t10-/m1/s1. The molecule has 3 rings (SSSR count). The van der Waals surface area contributed by atoms with Gasteiger partial charge < -0.3 is 14.8 Å². The van der Waals surface area contributed by atoms with Gasteiger partial charge in [-0.2, -0.15) is 4.98 Å². The van der Waals surface area contributed by atoms with Crippen molar-refractivity contribution in [1.82, 2.24) is 24.9 Å². The van der Waals surface area contributed by atoms with Crippen molar-refractivity contribution in [1.29, 1.82) is 0 Å². The highest BCUT2D eigenvalue weighted by atomic mass is 32.2. The number of hydrogen-bond donors (Lipinski definition) is 1. The zero-order valence-electron chi connectivity index (χ0n) is 13.9. The molecule has 130 valence electrons. The van der Waals surface area contributed by atoms with E-state index in [9.17, 15) is 4.79 Å². The van der Waals surface area contributed by atoms with Crippen LogP contribution < -0.4 is 5.73 Å². The number of thioether (sulfide) groups is 1. The number of carbonyl (C=O) groups excluding carboxylic acids is 1. The molecule has 0 unspecified atom stereocenters. The predicted molar refractivity (Wildman–Crippen MR) is 92.5 cm³/mol. The highest BCUT2D eigenvalue weighted by molar-refractivity contribution is 7.99. The quantitative estimate of drug-likeness (QED) is 0.644.